The van der Waals surface area contributed by atoms with Crippen LogP contribution in [0.25, 0.3) is 5.65 Å². The Morgan fingerprint density at radius 2 is 1.87 bits per heavy atom. The molecule has 0 spiro atoms. The summed E-state index contributed by atoms with van der Waals surface area (Å²) in [6.45, 7) is -1.93. The minimum absolute atomic E-state index is 0.0169. The summed E-state index contributed by atoms with van der Waals surface area (Å²) >= 11 is 0. The molecule has 3 rings (SSSR count). The van der Waals surface area contributed by atoms with E-state index in [1.54, 1.807) is 0 Å². The molecule has 0 saturated carbocycles. The first-order chi connectivity index (χ1) is 14.6. The molecule has 3 aromatic rings. The van der Waals surface area contributed by atoms with Crippen LogP contribution >= 0.6 is 0 Å². The normalized spacial score (nSPS) is 12.2. The van der Waals surface area contributed by atoms with Crippen LogP contribution in [0.4, 0.5) is 23.5 Å². The second kappa shape index (κ2) is 8.50. The third kappa shape index (κ3) is 4.18. The van der Waals surface area contributed by atoms with Crippen molar-refractivity contribution in [2.75, 3.05) is 32.0 Å². The number of halogens is 4. The number of fused-ring (bicyclic) bond motifs is 1. The number of anilines is 1. The van der Waals surface area contributed by atoms with Gasteiger partial charge in [-0.3, -0.25) is 4.84 Å². The van der Waals surface area contributed by atoms with Gasteiger partial charge < -0.3 is 9.47 Å². The summed E-state index contributed by atoms with van der Waals surface area (Å²) in [4.78, 5) is 11.6. The van der Waals surface area contributed by atoms with Gasteiger partial charge in [0.15, 0.2) is 5.75 Å². The zero-order valence-electron chi connectivity index (χ0n) is 16.0. The molecular weight excluding hydrogens is 450 g/mol. The molecule has 168 valence electrons. The zero-order chi connectivity index (χ0) is 22.8. The Balaban J connectivity index is 2.22. The van der Waals surface area contributed by atoms with Gasteiger partial charge in [-0.25, -0.2) is 4.39 Å². The molecule has 0 aliphatic carbocycles. The van der Waals surface area contributed by atoms with Crippen LogP contribution in [0.1, 0.15) is 5.56 Å². The highest BCUT2D eigenvalue weighted by Gasteiger charge is 2.40. The van der Waals surface area contributed by atoms with Crippen LogP contribution in [0, 0.1) is 0 Å². The van der Waals surface area contributed by atoms with E-state index in [0.717, 1.165) is 22.7 Å². The molecule has 10 nitrogen and oxygen atoms in total. The lowest BCUT2D eigenvalue weighted by Crippen LogP contribution is -2.34. The van der Waals surface area contributed by atoms with Crippen molar-refractivity contribution in [3.05, 3.63) is 36.0 Å². The first kappa shape index (κ1) is 22.5. The van der Waals surface area contributed by atoms with Crippen LogP contribution in [0.15, 0.2) is 35.4 Å². The van der Waals surface area contributed by atoms with Gasteiger partial charge in [0.25, 0.3) is 16.0 Å². The summed E-state index contributed by atoms with van der Waals surface area (Å²) in [5.74, 6) is -0.659. The number of sulfonamides is 1. The lowest BCUT2D eigenvalue weighted by atomic mass is 10.2. The highest BCUT2D eigenvalue weighted by Crippen LogP contribution is 2.36. The summed E-state index contributed by atoms with van der Waals surface area (Å²) in [5, 5.41) is 3.89. The van der Waals surface area contributed by atoms with Crippen molar-refractivity contribution >= 4 is 21.6 Å². The molecule has 0 aliphatic rings. The van der Waals surface area contributed by atoms with Crippen molar-refractivity contribution in [2.24, 2.45) is 0 Å². The van der Waals surface area contributed by atoms with Gasteiger partial charge in [-0.2, -0.15) is 36.1 Å². The molecule has 15 heteroatoms. The SMILES string of the molecule is COc1cnc(OC)n2nc(N(OCCF)S(=O)(=O)c3ccccc3C(F)(F)F)nc12. The van der Waals surface area contributed by atoms with Crippen LogP contribution in [-0.2, 0) is 21.0 Å². The average molecular weight is 465 g/mol. The largest absolute Gasteiger partial charge is 0.491 e. The summed E-state index contributed by atoms with van der Waals surface area (Å²) < 4.78 is 90.2. The van der Waals surface area contributed by atoms with Crippen molar-refractivity contribution in [2.45, 2.75) is 11.1 Å². The monoisotopic (exact) mass is 465 g/mol. The van der Waals surface area contributed by atoms with E-state index in [0.29, 0.717) is 6.07 Å². The molecule has 2 aromatic heterocycles. The maximum absolute atomic E-state index is 13.4. The van der Waals surface area contributed by atoms with Crippen LogP contribution in [-0.4, -0.2) is 55.5 Å². The van der Waals surface area contributed by atoms with Crippen molar-refractivity contribution in [3.8, 4) is 11.8 Å². The van der Waals surface area contributed by atoms with E-state index >= 15 is 0 Å². The number of alkyl halides is 4. The fourth-order valence-electron chi connectivity index (χ4n) is 2.55. The number of hydrogen-bond donors (Lipinski definition) is 0. The molecule has 2 heterocycles. The van der Waals surface area contributed by atoms with Crippen LogP contribution in [0.5, 0.6) is 11.8 Å². The predicted octanol–water partition coefficient (Wildman–Crippen LogP) is 2.26. The molecule has 0 aliphatic heterocycles. The number of nitrogens with zero attached hydrogens (tertiary/aromatic N) is 5. The molecule has 0 atom stereocenters. The van der Waals surface area contributed by atoms with Crippen molar-refractivity contribution in [3.63, 3.8) is 0 Å². The van der Waals surface area contributed by atoms with Crippen molar-refractivity contribution < 1.29 is 40.3 Å². The lowest BCUT2D eigenvalue weighted by molar-refractivity contribution is -0.139. The molecular formula is C16H15F4N5O5S. The zero-order valence-corrected chi connectivity index (χ0v) is 16.8. The number of rotatable bonds is 8. The third-order valence-corrected chi connectivity index (χ3v) is 5.45. The summed E-state index contributed by atoms with van der Waals surface area (Å²) in [5.41, 5.74) is -1.51. The molecule has 0 N–H and O–H groups in total. The Morgan fingerprint density at radius 3 is 2.48 bits per heavy atom. The van der Waals surface area contributed by atoms with E-state index in [2.05, 4.69) is 15.1 Å². The quantitative estimate of drug-likeness (QED) is 0.368. The molecule has 0 saturated heterocycles. The number of hydrogen-bond acceptors (Lipinski definition) is 8. The Bertz CT molecular complexity index is 1140. The smallest absolute Gasteiger partial charge is 0.417 e. The number of ether oxygens (including phenoxy) is 2. The summed E-state index contributed by atoms with van der Waals surface area (Å²) in [7, 11) is -2.51. The second-order valence-electron chi connectivity index (χ2n) is 5.71. The second-order valence-corrected chi connectivity index (χ2v) is 7.43. The van der Waals surface area contributed by atoms with E-state index in [9.17, 15) is 26.0 Å². The Labute approximate surface area is 173 Å². The van der Waals surface area contributed by atoms with E-state index in [4.69, 9.17) is 14.3 Å². The van der Waals surface area contributed by atoms with E-state index in [-0.39, 0.29) is 21.9 Å². The van der Waals surface area contributed by atoms with Gasteiger partial charge in [-0.05, 0) is 12.1 Å². The first-order valence-corrected chi connectivity index (χ1v) is 9.83. The van der Waals surface area contributed by atoms with E-state index in [1.807, 2.05) is 0 Å². The first-order valence-electron chi connectivity index (χ1n) is 8.39. The number of benzene rings is 1. The fraction of sp³-hybridized carbons (Fsp3) is 0.312. The molecule has 0 amide bonds. The molecule has 0 unspecified atom stereocenters. The van der Waals surface area contributed by atoms with Gasteiger partial charge in [-0.15, -0.1) is 9.57 Å². The number of methoxy groups -OCH3 is 2. The molecule has 0 fully saturated rings. The van der Waals surface area contributed by atoms with Crippen LogP contribution in [0.3, 0.4) is 0 Å². The Kier molecular flexibility index (Phi) is 6.17. The maximum atomic E-state index is 13.4. The third-order valence-electron chi connectivity index (χ3n) is 3.83. The Hall–Kier alpha value is -3.20. The molecule has 0 radical (unpaired) electrons. The topological polar surface area (TPSA) is 108 Å². The molecule has 1 aromatic carbocycles. The lowest BCUT2D eigenvalue weighted by Gasteiger charge is -2.21. The predicted molar refractivity (Wildman–Crippen MR) is 96.9 cm³/mol. The van der Waals surface area contributed by atoms with Gasteiger partial charge in [0.05, 0.1) is 26.0 Å². The average Bonchev–Trinajstić information content (AvgIpc) is 3.17. The highest BCUT2D eigenvalue weighted by atomic mass is 32.2. The van der Waals surface area contributed by atoms with Gasteiger partial charge >= 0.3 is 12.2 Å². The van der Waals surface area contributed by atoms with Gasteiger partial charge in [0.1, 0.15) is 18.2 Å². The van der Waals surface area contributed by atoms with Crippen molar-refractivity contribution in [1.29, 1.82) is 0 Å². The molecule has 31 heavy (non-hydrogen) atoms. The van der Waals surface area contributed by atoms with Gasteiger partial charge in [-0.1, -0.05) is 12.1 Å². The maximum Gasteiger partial charge on any atom is 0.417 e. The highest BCUT2D eigenvalue weighted by molar-refractivity contribution is 7.92. The fourth-order valence-corrected chi connectivity index (χ4v) is 3.94. The van der Waals surface area contributed by atoms with Crippen LogP contribution < -0.4 is 13.9 Å². The standard InChI is InChI=1S/C16H15F4N5O5S/c1-28-11-9-21-15(29-2)24-13(11)22-14(23-24)25(30-8-7-17)31(26,27)12-6-4-3-5-10(12)16(18,19)20/h3-6,9H,7-8H2,1-2H3. The van der Waals surface area contributed by atoms with E-state index in [1.165, 1.54) is 20.4 Å². The van der Waals surface area contributed by atoms with Crippen molar-refractivity contribution in [1.82, 2.24) is 19.6 Å². The van der Waals surface area contributed by atoms with E-state index < -0.39 is 45.9 Å². The summed E-state index contributed by atoms with van der Waals surface area (Å²) in [6.07, 6.45) is -3.77. The number of aromatic nitrogens is 4. The minimum Gasteiger partial charge on any atom is -0.491 e. The molecule has 0 bridgehead atoms. The van der Waals surface area contributed by atoms with Crippen LogP contribution in [0.2, 0.25) is 0 Å². The Morgan fingerprint density at radius 1 is 1.16 bits per heavy atom. The summed E-state index contributed by atoms with van der Waals surface area (Å²) in [6, 6.07) is 3.32. The van der Waals surface area contributed by atoms with Gasteiger partial charge in [0, 0.05) is 0 Å². The van der Waals surface area contributed by atoms with Gasteiger partial charge in [0.2, 0.25) is 5.65 Å². The minimum atomic E-state index is -5.04.